The maximum Gasteiger partial charge on any atom is 0.304 e. The molecule has 0 unspecified atom stereocenters. The summed E-state index contributed by atoms with van der Waals surface area (Å²) >= 11 is 0. The molecule has 0 spiro atoms. The summed E-state index contributed by atoms with van der Waals surface area (Å²) in [6.07, 6.45) is 1.57. The molecule has 5 heteroatoms. The molecule has 0 heterocycles. The van der Waals surface area contributed by atoms with Crippen LogP contribution in [-0.2, 0) is 11.3 Å². The van der Waals surface area contributed by atoms with Crippen LogP contribution in [0.4, 0.5) is 10.1 Å². The van der Waals surface area contributed by atoms with Crippen molar-refractivity contribution in [2.45, 2.75) is 6.61 Å². The summed E-state index contributed by atoms with van der Waals surface area (Å²) in [5, 5.41) is 10.3. The summed E-state index contributed by atoms with van der Waals surface area (Å²) in [7, 11) is 0. The summed E-state index contributed by atoms with van der Waals surface area (Å²) in [5.41, 5.74) is 0.0300. The molecule has 0 N–H and O–H groups in total. The Morgan fingerprint density at radius 1 is 1.60 bits per heavy atom. The largest absolute Gasteiger partial charge is 0.373 e. The van der Waals surface area contributed by atoms with Crippen LogP contribution in [0.25, 0.3) is 0 Å². The van der Waals surface area contributed by atoms with Gasteiger partial charge in [0.25, 0.3) is 0 Å². The van der Waals surface area contributed by atoms with Crippen LogP contribution in [0.5, 0.6) is 0 Å². The van der Waals surface area contributed by atoms with Crippen LogP contribution in [0, 0.1) is 15.9 Å². The van der Waals surface area contributed by atoms with Gasteiger partial charge >= 0.3 is 5.69 Å². The Balaban J connectivity index is 2.73. The van der Waals surface area contributed by atoms with Crippen molar-refractivity contribution < 1.29 is 14.1 Å². The molecule has 0 bridgehead atoms. The van der Waals surface area contributed by atoms with Crippen molar-refractivity contribution in [1.82, 2.24) is 0 Å². The molecule has 0 radical (unpaired) electrons. The molecule has 1 aromatic carbocycles. The van der Waals surface area contributed by atoms with Gasteiger partial charge in [-0.2, -0.15) is 4.39 Å². The molecule has 0 saturated heterocycles. The second kappa shape index (κ2) is 5.21. The van der Waals surface area contributed by atoms with Crippen LogP contribution < -0.4 is 0 Å². The fraction of sp³-hybridized carbons (Fsp3) is 0.200. The number of nitro groups is 1. The van der Waals surface area contributed by atoms with Gasteiger partial charge in [0, 0.05) is 6.07 Å². The Hall–Kier alpha value is -1.75. The maximum absolute atomic E-state index is 13.1. The van der Waals surface area contributed by atoms with Gasteiger partial charge in [-0.1, -0.05) is 6.08 Å². The molecule has 1 aromatic rings. The minimum atomic E-state index is -0.847. The van der Waals surface area contributed by atoms with Gasteiger partial charge in [0.05, 0.1) is 18.1 Å². The predicted molar refractivity (Wildman–Crippen MR) is 52.9 cm³/mol. The molecular weight excluding hydrogens is 201 g/mol. The zero-order valence-corrected chi connectivity index (χ0v) is 7.98. The lowest BCUT2D eigenvalue weighted by atomic mass is 10.2. The average Bonchev–Trinajstić information content (AvgIpc) is 2.17. The van der Waals surface area contributed by atoms with E-state index < -0.39 is 16.4 Å². The molecule has 0 aliphatic carbocycles. The molecule has 15 heavy (non-hydrogen) atoms. The molecular formula is C10H10FNO3. The number of rotatable bonds is 5. The van der Waals surface area contributed by atoms with Crippen LogP contribution in [0.3, 0.4) is 0 Å². The number of ether oxygens (including phenoxy) is 1. The molecule has 0 aliphatic rings. The highest BCUT2D eigenvalue weighted by molar-refractivity contribution is 5.34. The van der Waals surface area contributed by atoms with E-state index in [9.17, 15) is 14.5 Å². The van der Waals surface area contributed by atoms with Gasteiger partial charge in [-0.05, 0) is 17.7 Å². The Kier molecular flexibility index (Phi) is 3.93. The van der Waals surface area contributed by atoms with E-state index in [0.29, 0.717) is 12.2 Å². The quantitative estimate of drug-likeness (QED) is 0.325. The third-order valence-corrected chi connectivity index (χ3v) is 1.71. The van der Waals surface area contributed by atoms with Crippen molar-refractivity contribution in [3.05, 3.63) is 52.3 Å². The van der Waals surface area contributed by atoms with Gasteiger partial charge in [0.15, 0.2) is 0 Å². The molecule has 0 atom stereocenters. The van der Waals surface area contributed by atoms with Gasteiger partial charge in [-0.3, -0.25) is 10.1 Å². The zero-order chi connectivity index (χ0) is 11.3. The van der Waals surface area contributed by atoms with E-state index in [4.69, 9.17) is 4.74 Å². The number of halogens is 1. The first kappa shape index (κ1) is 11.3. The average molecular weight is 211 g/mol. The van der Waals surface area contributed by atoms with E-state index in [1.54, 1.807) is 6.08 Å². The minimum absolute atomic E-state index is 0.209. The molecule has 1 rings (SSSR count). The van der Waals surface area contributed by atoms with Gasteiger partial charge < -0.3 is 4.74 Å². The number of hydrogen-bond donors (Lipinski definition) is 0. The Bertz CT molecular complexity index is 379. The Morgan fingerprint density at radius 2 is 2.33 bits per heavy atom. The molecule has 0 saturated carbocycles. The third-order valence-electron chi connectivity index (χ3n) is 1.71. The topological polar surface area (TPSA) is 52.4 Å². The van der Waals surface area contributed by atoms with Crippen LogP contribution >= 0.6 is 0 Å². The second-order valence-electron chi connectivity index (χ2n) is 2.85. The highest BCUT2D eigenvalue weighted by Gasteiger charge is 2.13. The van der Waals surface area contributed by atoms with Crippen LogP contribution in [-0.4, -0.2) is 11.5 Å². The third kappa shape index (κ3) is 3.14. The molecule has 4 nitrogen and oxygen atoms in total. The minimum Gasteiger partial charge on any atom is -0.373 e. The fourth-order valence-corrected chi connectivity index (χ4v) is 1.05. The molecule has 80 valence electrons. The van der Waals surface area contributed by atoms with Crippen molar-refractivity contribution >= 4 is 5.69 Å². The van der Waals surface area contributed by atoms with E-state index in [1.165, 1.54) is 6.07 Å². The number of hydrogen-bond acceptors (Lipinski definition) is 3. The Morgan fingerprint density at radius 3 is 2.87 bits per heavy atom. The molecule has 0 aromatic heterocycles. The van der Waals surface area contributed by atoms with E-state index in [2.05, 4.69) is 6.58 Å². The van der Waals surface area contributed by atoms with Gasteiger partial charge in [0.2, 0.25) is 5.82 Å². The van der Waals surface area contributed by atoms with Crippen molar-refractivity contribution in [2.24, 2.45) is 0 Å². The molecule has 0 fully saturated rings. The van der Waals surface area contributed by atoms with E-state index in [-0.39, 0.29) is 6.61 Å². The lowest BCUT2D eigenvalue weighted by molar-refractivity contribution is -0.387. The lowest BCUT2D eigenvalue weighted by Crippen LogP contribution is -1.96. The van der Waals surface area contributed by atoms with Crippen molar-refractivity contribution in [2.75, 3.05) is 6.61 Å². The first-order valence-corrected chi connectivity index (χ1v) is 4.26. The standard InChI is InChI=1S/C10H10FNO3/c1-2-5-15-7-8-3-4-10(12(13)14)9(11)6-8/h2-4,6H,1,5,7H2. The smallest absolute Gasteiger partial charge is 0.304 e. The first-order chi connectivity index (χ1) is 7.15. The summed E-state index contributed by atoms with van der Waals surface area (Å²) in [4.78, 5) is 9.55. The lowest BCUT2D eigenvalue weighted by Gasteiger charge is -2.01. The Labute approximate surface area is 86.1 Å². The van der Waals surface area contributed by atoms with Crippen molar-refractivity contribution in [3.63, 3.8) is 0 Å². The summed E-state index contributed by atoms with van der Waals surface area (Å²) in [6, 6.07) is 3.69. The first-order valence-electron chi connectivity index (χ1n) is 4.26. The van der Waals surface area contributed by atoms with Gasteiger partial charge in [-0.15, -0.1) is 6.58 Å². The zero-order valence-electron chi connectivity index (χ0n) is 7.98. The fourth-order valence-electron chi connectivity index (χ4n) is 1.05. The van der Waals surface area contributed by atoms with Gasteiger partial charge in [0.1, 0.15) is 0 Å². The van der Waals surface area contributed by atoms with Crippen LogP contribution in [0.2, 0.25) is 0 Å². The SMILES string of the molecule is C=CCOCc1ccc([N+](=O)[O-])c(F)c1. The van der Waals surface area contributed by atoms with Gasteiger partial charge in [-0.25, -0.2) is 0 Å². The molecule has 0 amide bonds. The maximum atomic E-state index is 13.1. The van der Waals surface area contributed by atoms with E-state index >= 15 is 0 Å². The highest BCUT2D eigenvalue weighted by Crippen LogP contribution is 2.18. The number of benzene rings is 1. The molecule has 0 aliphatic heterocycles. The number of nitro benzene ring substituents is 1. The van der Waals surface area contributed by atoms with Crippen LogP contribution in [0.1, 0.15) is 5.56 Å². The predicted octanol–water partition coefficient (Wildman–Crippen LogP) is 2.44. The second-order valence-corrected chi connectivity index (χ2v) is 2.85. The summed E-state index contributed by atoms with van der Waals surface area (Å²) < 4.78 is 18.2. The number of nitrogens with zero attached hydrogens (tertiary/aromatic N) is 1. The van der Waals surface area contributed by atoms with E-state index in [1.807, 2.05) is 0 Å². The van der Waals surface area contributed by atoms with Crippen molar-refractivity contribution in [1.29, 1.82) is 0 Å². The van der Waals surface area contributed by atoms with E-state index in [0.717, 1.165) is 12.1 Å². The summed E-state index contributed by atoms with van der Waals surface area (Å²) in [5.74, 6) is -0.847. The monoisotopic (exact) mass is 211 g/mol. The normalized spacial score (nSPS) is 9.93. The summed E-state index contributed by atoms with van der Waals surface area (Å²) in [6.45, 7) is 4.03. The highest BCUT2D eigenvalue weighted by atomic mass is 19.1. The van der Waals surface area contributed by atoms with Crippen molar-refractivity contribution in [3.8, 4) is 0 Å². The van der Waals surface area contributed by atoms with Crippen LogP contribution in [0.15, 0.2) is 30.9 Å².